The topological polar surface area (TPSA) is 95.9 Å². The summed E-state index contributed by atoms with van der Waals surface area (Å²) in [5, 5.41) is 8.87. The van der Waals surface area contributed by atoms with Gasteiger partial charge in [0.1, 0.15) is 0 Å². The van der Waals surface area contributed by atoms with E-state index >= 15 is 0 Å². The Morgan fingerprint density at radius 1 is 1.35 bits per heavy atom. The number of ether oxygens (including phenoxy) is 1. The standard InChI is InChI=1S/C12H24N2O5S/c1-10(2)7-11(8-12(15)16)9-13-20(17,18)14-3-5-19-6-4-14/h10-11,13H,3-9H2,1-2H3,(H,15,16)/t11-/m0/s1. The molecule has 0 bridgehead atoms. The van der Waals surface area contributed by atoms with Crippen molar-refractivity contribution < 1.29 is 23.1 Å². The highest BCUT2D eigenvalue weighted by molar-refractivity contribution is 7.87. The van der Waals surface area contributed by atoms with Gasteiger partial charge in [0.15, 0.2) is 0 Å². The van der Waals surface area contributed by atoms with Gasteiger partial charge in [-0.05, 0) is 18.3 Å². The van der Waals surface area contributed by atoms with Gasteiger partial charge in [-0.2, -0.15) is 12.7 Å². The summed E-state index contributed by atoms with van der Waals surface area (Å²) in [7, 11) is -3.54. The minimum atomic E-state index is -3.54. The molecule has 20 heavy (non-hydrogen) atoms. The van der Waals surface area contributed by atoms with E-state index in [9.17, 15) is 13.2 Å². The summed E-state index contributed by atoms with van der Waals surface area (Å²) in [6.07, 6.45) is 0.655. The van der Waals surface area contributed by atoms with Gasteiger partial charge in [0.2, 0.25) is 0 Å². The van der Waals surface area contributed by atoms with Crippen molar-refractivity contribution in [1.82, 2.24) is 9.03 Å². The molecular weight excluding hydrogens is 284 g/mol. The molecule has 0 radical (unpaired) electrons. The van der Waals surface area contributed by atoms with Gasteiger partial charge in [-0.3, -0.25) is 4.79 Å². The quantitative estimate of drug-likeness (QED) is 0.672. The lowest BCUT2D eigenvalue weighted by Crippen LogP contribution is -2.47. The number of hydrogen-bond acceptors (Lipinski definition) is 4. The lowest BCUT2D eigenvalue weighted by atomic mass is 9.94. The van der Waals surface area contributed by atoms with Crippen LogP contribution in [0.2, 0.25) is 0 Å². The van der Waals surface area contributed by atoms with Gasteiger partial charge in [0.05, 0.1) is 13.2 Å². The van der Waals surface area contributed by atoms with Crippen LogP contribution in [0.3, 0.4) is 0 Å². The van der Waals surface area contributed by atoms with Gasteiger partial charge >= 0.3 is 5.97 Å². The van der Waals surface area contributed by atoms with Crippen LogP contribution in [0.4, 0.5) is 0 Å². The molecule has 0 aromatic carbocycles. The van der Waals surface area contributed by atoms with Gasteiger partial charge in [0.25, 0.3) is 10.2 Å². The summed E-state index contributed by atoms with van der Waals surface area (Å²) < 4.78 is 33.1. The Balaban J connectivity index is 2.53. The van der Waals surface area contributed by atoms with Gasteiger partial charge < -0.3 is 9.84 Å². The van der Waals surface area contributed by atoms with Crippen molar-refractivity contribution in [1.29, 1.82) is 0 Å². The second-order valence-electron chi connectivity index (χ2n) is 5.46. The number of morpholine rings is 1. The van der Waals surface area contributed by atoms with Crippen LogP contribution in [0.1, 0.15) is 26.7 Å². The van der Waals surface area contributed by atoms with Crippen LogP contribution < -0.4 is 4.72 Å². The zero-order valence-corrected chi connectivity index (χ0v) is 12.9. The fourth-order valence-corrected chi connectivity index (χ4v) is 3.51. The van der Waals surface area contributed by atoms with E-state index in [1.54, 1.807) is 0 Å². The van der Waals surface area contributed by atoms with Crippen molar-refractivity contribution in [2.75, 3.05) is 32.8 Å². The third-order valence-corrected chi connectivity index (χ3v) is 4.71. The van der Waals surface area contributed by atoms with Crippen LogP contribution in [0.25, 0.3) is 0 Å². The number of hydrogen-bond donors (Lipinski definition) is 2. The van der Waals surface area contributed by atoms with Gasteiger partial charge in [0, 0.05) is 26.1 Å². The molecule has 118 valence electrons. The molecule has 0 amide bonds. The average Bonchev–Trinajstić information content (AvgIpc) is 2.36. The van der Waals surface area contributed by atoms with E-state index in [2.05, 4.69) is 4.72 Å². The number of carbonyl (C=O) groups is 1. The largest absolute Gasteiger partial charge is 0.481 e. The summed E-state index contributed by atoms with van der Waals surface area (Å²) in [4.78, 5) is 10.8. The Bertz CT molecular complexity index is 404. The molecule has 1 rings (SSSR count). The number of aliphatic carboxylic acids is 1. The first-order valence-corrected chi connectivity index (χ1v) is 8.29. The van der Waals surface area contributed by atoms with Crippen LogP contribution >= 0.6 is 0 Å². The van der Waals surface area contributed by atoms with Crippen LogP contribution in [-0.4, -0.2) is 56.6 Å². The molecule has 0 saturated carbocycles. The smallest absolute Gasteiger partial charge is 0.303 e. The molecule has 1 aliphatic heterocycles. The molecule has 0 unspecified atom stereocenters. The van der Waals surface area contributed by atoms with Crippen LogP contribution in [0.15, 0.2) is 0 Å². The molecule has 0 aromatic heterocycles. The van der Waals surface area contributed by atoms with Crippen LogP contribution in [0, 0.1) is 11.8 Å². The van der Waals surface area contributed by atoms with Crippen LogP contribution in [-0.2, 0) is 19.7 Å². The van der Waals surface area contributed by atoms with E-state index in [1.165, 1.54) is 4.31 Å². The van der Waals surface area contributed by atoms with E-state index in [0.717, 1.165) is 0 Å². The first kappa shape index (κ1) is 17.4. The molecule has 0 aliphatic carbocycles. The van der Waals surface area contributed by atoms with Crippen molar-refractivity contribution in [3.05, 3.63) is 0 Å². The third-order valence-electron chi connectivity index (χ3n) is 3.13. The maximum atomic E-state index is 12.1. The Hall–Kier alpha value is -0.700. The van der Waals surface area contributed by atoms with Gasteiger partial charge in [-0.15, -0.1) is 0 Å². The number of carboxylic acid groups (broad SMARTS) is 1. The summed E-state index contributed by atoms with van der Waals surface area (Å²) >= 11 is 0. The summed E-state index contributed by atoms with van der Waals surface area (Å²) in [5.74, 6) is -0.767. The van der Waals surface area contributed by atoms with Gasteiger partial charge in [-0.25, -0.2) is 4.72 Å². The molecule has 1 atom stereocenters. The molecule has 1 saturated heterocycles. The van der Waals surface area contributed by atoms with Crippen molar-refractivity contribution >= 4 is 16.2 Å². The second kappa shape index (κ2) is 7.92. The highest BCUT2D eigenvalue weighted by Gasteiger charge is 2.25. The number of carboxylic acids is 1. The summed E-state index contributed by atoms with van der Waals surface area (Å²) in [6.45, 7) is 5.60. The molecule has 0 aromatic rings. The molecule has 2 N–H and O–H groups in total. The molecule has 7 nitrogen and oxygen atoms in total. The van der Waals surface area contributed by atoms with Crippen LogP contribution in [0.5, 0.6) is 0 Å². The monoisotopic (exact) mass is 308 g/mol. The molecule has 0 spiro atoms. The minimum absolute atomic E-state index is 0.0240. The molecule has 1 aliphatic rings. The Labute approximate surface area is 120 Å². The highest BCUT2D eigenvalue weighted by Crippen LogP contribution is 2.15. The fraction of sp³-hybridized carbons (Fsp3) is 0.917. The summed E-state index contributed by atoms with van der Waals surface area (Å²) in [5.41, 5.74) is 0. The third kappa shape index (κ3) is 6.17. The normalized spacial score (nSPS) is 19.1. The average molecular weight is 308 g/mol. The van der Waals surface area contributed by atoms with Gasteiger partial charge in [-0.1, -0.05) is 13.8 Å². The number of rotatable bonds is 8. The lowest BCUT2D eigenvalue weighted by Gasteiger charge is -2.27. The van der Waals surface area contributed by atoms with Crippen molar-refractivity contribution in [3.8, 4) is 0 Å². The summed E-state index contributed by atoms with van der Waals surface area (Å²) in [6, 6.07) is 0. The Kier molecular flexibility index (Phi) is 6.87. The molecule has 8 heteroatoms. The first-order valence-electron chi connectivity index (χ1n) is 6.85. The van der Waals surface area contributed by atoms with E-state index < -0.39 is 16.2 Å². The molecule has 1 heterocycles. The predicted molar refractivity (Wildman–Crippen MR) is 74.5 cm³/mol. The lowest BCUT2D eigenvalue weighted by molar-refractivity contribution is -0.138. The Morgan fingerprint density at radius 3 is 2.45 bits per heavy atom. The fourth-order valence-electron chi connectivity index (χ4n) is 2.25. The first-order chi connectivity index (χ1) is 9.31. The minimum Gasteiger partial charge on any atom is -0.481 e. The molecule has 1 fully saturated rings. The van der Waals surface area contributed by atoms with E-state index in [1.807, 2.05) is 13.8 Å². The van der Waals surface area contributed by atoms with Crippen molar-refractivity contribution in [2.45, 2.75) is 26.7 Å². The zero-order chi connectivity index (χ0) is 15.2. The zero-order valence-electron chi connectivity index (χ0n) is 12.0. The maximum Gasteiger partial charge on any atom is 0.303 e. The van der Waals surface area contributed by atoms with Crippen molar-refractivity contribution in [3.63, 3.8) is 0 Å². The number of nitrogens with one attached hydrogen (secondary N) is 1. The SMILES string of the molecule is CC(C)C[C@H](CNS(=O)(=O)N1CCOCC1)CC(=O)O. The van der Waals surface area contributed by atoms with E-state index in [0.29, 0.717) is 38.6 Å². The Morgan fingerprint density at radius 2 is 1.95 bits per heavy atom. The highest BCUT2D eigenvalue weighted by atomic mass is 32.2. The predicted octanol–water partition coefficient (Wildman–Crippen LogP) is 0.290. The van der Waals surface area contributed by atoms with E-state index in [4.69, 9.17) is 9.84 Å². The van der Waals surface area contributed by atoms with Crippen molar-refractivity contribution in [2.24, 2.45) is 11.8 Å². The number of nitrogens with zero attached hydrogens (tertiary/aromatic N) is 1. The van der Waals surface area contributed by atoms with E-state index in [-0.39, 0.29) is 18.9 Å². The molecular formula is C12H24N2O5S. The maximum absolute atomic E-state index is 12.1. The second-order valence-corrected chi connectivity index (χ2v) is 7.21.